The summed E-state index contributed by atoms with van der Waals surface area (Å²) in [5, 5.41) is 12.0. The highest BCUT2D eigenvalue weighted by molar-refractivity contribution is 5.78. The maximum Gasteiger partial charge on any atom is 0.201 e. The fraction of sp³-hybridized carbons (Fsp3) is 0.333. The molecule has 0 saturated carbocycles. The first kappa shape index (κ1) is 10.5. The van der Waals surface area contributed by atoms with Crippen LogP contribution in [0.3, 0.4) is 0 Å². The number of hydrogen-bond acceptors (Lipinski definition) is 3. The minimum Gasteiger partial charge on any atom is -0.356 e. The maximum atomic E-state index is 8.78. The lowest BCUT2D eigenvalue weighted by atomic mass is 10.2. The Morgan fingerprint density at radius 2 is 2.38 bits per heavy atom. The third-order valence-corrected chi connectivity index (χ3v) is 2.43. The minimum absolute atomic E-state index is 0.649. The van der Waals surface area contributed by atoms with Crippen LogP contribution in [-0.4, -0.2) is 16.5 Å². The van der Waals surface area contributed by atoms with Gasteiger partial charge in [0.2, 0.25) is 5.95 Å². The Hall–Kier alpha value is -2.02. The van der Waals surface area contributed by atoms with E-state index >= 15 is 0 Å². The Labute approximate surface area is 94.3 Å². The van der Waals surface area contributed by atoms with Crippen LogP contribution >= 0.6 is 0 Å². The van der Waals surface area contributed by atoms with E-state index < -0.39 is 0 Å². The number of aromatic nitrogens is 2. The van der Waals surface area contributed by atoms with Gasteiger partial charge in [0.05, 0.1) is 22.7 Å². The summed E-state index contributed by atoms with van der Waals surface area (Å²) in [5.41, 5.74) is 2.44. The molecule has 2 rings (SSSR count). The molecule has 4 heteroatoms. The van der Waals surface area contributed by atoms with Crippen molar-refractivity contribution in [3.8, 4) is 6.07 Å². The van der Waals surface area contributed by atoms with E-state index in [1.165, 1.54) is 0 Å². The topological polar surface area (TPSA) is 64.5 Å². The number of imidazole rings is 1. The maximum absolute atomic E-state index is 8.78. The summed E-state index contributed by atoms with van der Waals surface area (Å²) < 4.78 is 0. The predicted molar refractivity (Wildman–Crippen MR) is 64.2 cm³/mol. The normalized spacial score (nSPS) is 10.2. The molecule has 16 heavy (non-hydrogen) atoms. The molecular weight excluding hydrogens is 200 g/mol. The molecule has 0 atom stereocenters. The summed E-state index contributed by atoms with van der Waals surface area (Å²) in [5.74, 6) is 0.776. The summed E-state index contributed by atoms with van der Waals surface area (Å²) in [6.07, 6.45) is 2.28. The number of benzene rings is 1. The fourth-order valence-electron chi connectivity index (χ4n) is 1.55. The molecule has 2 aromatic rings. The largest absolute Gasteiger partial charge is 0.356 e. The van der Waals surface area contributed by atoms with Crippen LogP contribution in [0.1, 0.15) is 25.3 Å². The quantitative estimate of drug-likeness (QED) is 0.769. The van der Waals surface area contributed by atoms with Gasteiger partial charge in [0, 0.05) is 6.54 Å². The standard InChI is InChI=1S/C12H14N4/c1-2-3-6-14-12-15-10-5-4-9(8-13)7-11(10)16-12/h4-5,7H,2-3,6H2,1H3,(H2,14,15,16). The number of unbranched alkanes of at least 4 members (excludes halogenated alkanes) is 1. The van der Waals surface area contributed by atoms with Crippen molar-refractivity contribution in [2.24, 2.45) is 0 Å². The number of anilines is 1. The van der Waals surface area contributed by atoms with Gasteiger partial charge in [0.25, 0.3) is 0 Å². The molecule has 0 bridgehead atoms. The molecule has 1 aromatic heterocycles. The molecule has 0 radical (unpaired) electrons. The number of nitrogens with one attached hydrogen (secondary N) is 2. The summed E-state index contributed by atoms with van der Waals surface area (Å²) in [4.78, 5) is 7.54. The van der Waals surface area contributed by atoms with Crippen molar-refractivity contribution in [3.05, 3.63) is 23.8 Å². The number of aromatic amines is 1. The van der Waals surface area contributed by atoms with Crippen molar-refractivity contribution < 1.29 is 0 Å². The molecule has 0 amide bonds. The number of nitriles is 1. The molecule has 0 aliphatic rings. The minimum atomic E-state index is 0.649. The van der Waals surface area contributed by atoms with E-state index in [9.17, 15) is 0 Å². The van der Waals surface area contributed by atoms with E-state index in [4.69, 9.17) is 5.26 Å². The SMILES string of the molecule is CCCCNc1nc2ccc(C#N)cc2[nH]1. The molecule has 0 aliphatic carbocycles. The molecule has 1 aromatic carbocycles. The van der Waals surface area contributed by atoms with Crippen molar-refractivity contribution >= 4 is 17.0 Å². The lowest BCUT2D eigenvalue weighted by Gasteiger charge is -1.98. The van der Waals surface area contributed by atoms with Crippen molar-refractivity contribution in [2.75, 3.05) is 11.9 Å². The molecule has 4 nitrogen and oxygen atoms in total. The first-order chi connectivity index (χ1) is 7.83. The molecule has 0 aliphatic heterocycles. The second kappa shape index (κ2) is 4.67. The number of H-pyrrole nitrogens is 1. The summed E-state index contributed by atoms with van der Waals surface area (Å²) in [6.45, 7) is 3.07. The van der Waals surface area contributed by atoms with Gasteiger partial charge >= 0.3 is 0 Å². The number of fused-ring (bicyclic) bond motifs is 1. The molecule has 2 N–H and O–H groups in total. The van der Waals surface area contributed by atoms with Crippen LogP contribution in [0.2, 0.25) is 0 Å². The Bertz CT molecular complexity index is 521. The lowest BCUT2D eigenvalue weighted by molar-refractivity contribution is 0.829. The average molecular weight is 214 g/mol. The Balaban J connectivity index is 2.20. The van der Waals surface area contributed by atoms with Crippen LogP contribution in [-0.2, 0) is 0 Å². The van der Waals surface area contributed by atoms with Crippen LogP contribution in [0.15, 0.2) is 18.2 Å². The summed E-state index contributed by atoms with van der Waals surface area (Å²) in [6, 6.07) is 7.56. The Kier molecular flexibility index (Phi) is 3.06. The van der Waals surface area contributed by atoms with Crippen LogP contribution in [0.5, 0.6) is 0 Å². The third kappa shape index (κ3) is 2.14. The Morgan fingerprint density at radius 3 is 3.12 bits per heavy atom. The van der Waals surface area contributed by atoms with Crippen LogP contribution in [0.25, 0.3) is 11.0 Å². The summed E-state index contributed by atoms with van der Waals surface area (Å²) >= 11 is 0. The van der Waals surface area contributed by atoms with Gasteiger partial charge in [-0.25, -0.2) is 4.98 Å². The van der Waals surface area contributed by atoms with Gasteiger partial charge in [-0.3, -0.25) is 0 Å². The predicted octanol–water partition coefficient (Wildman–Crippen LogP) is 2.65. The third-order valence-electron chi connectivity index (χ3n) is 2.43. The summed E-state index contributed by atoms with van der Waals surface area (Å²) in [7, 11) is 0. The van der Waals surface area contributed by atoms with E-state index in [0.29, 0.717) is 5.56 Å². The number of hydrogen-bond donors (Lipinski definition) is 2. The highest BCUT2D eigenvalue weighted by atomic mass is 15.1. The van der Waals surface area contributed by atoms with E-state index in [2.05, 4.69) is 28.3 Å². The second-order valence-corrected chi connectivity index (χ2v) is 3.71. The first-order valence-corrected chi connectivity index (χ1v) is 5.47. The first-order valence-electron chi connectivity index (χ1n) is 5.47. The zero-order valence-corrected chi connectivity index (χ0v) is 9.25. The zero-order chi connectivity index (χ0) is 11.4. The van der Waals surface area contributed by atoms with Gasteiger partial charge in [-0.05, 0) is 24.6 Å². The number of rotatable bonds is 4. The number of nitrogens with zero attached hydrogens (tertiary/aromatic N) is 2. The molecule has 82 valence electrons. The van der Waals surface area contributed by atoms with Crippen LogP contribution < -0.4 is 5.32 Å². The van der Waals surface area contributed by atoms with Crippen LogP contribution in [0.4, 0.5) is 5.95 Å². The van der Waals surface area contributed by atoms with E-state index in [1.54, 1.807) is 6.07 Å². The molecule has 0 spiro atoms. The monoisotopic (exact) mass is 214 g/mol. The fourth-order valence-corrected chi connectivity index (χ4v) is 1.55. The van der Waals surface area contributed by atoms with Crippen molar-refractivity contribution in [1.29, 1.82) is 5.26 Å². The van der Waals surface area contributed by atoms with E-state index in [1.807, 2.05) is 12.1 Å². The van der Waals surface area contributed by atoms with Crippen molar-refractivity contribution in [3.63, 3.8) is 0 Å². The molecule has 1 heterocycles. The molecule has 0 unspecified atom stereocenters. The van der Waals surface area contributed by atoms with E-state index in [0.717, 1.165) is 36.4 Å². The average Bonchev–Trinajstić information content (AvgIpc) is 2.70. The van der Waals surface area contributed by atoms with E-state index in [-0.39, 0.29) is 0 Å². The Morgan fingerprint density at radius 1 is 1.50 bits per heavy atom. The van der Waals surface area contributed by atoms with Gasteiger partial charge < -0.3 is 10.3 Å². The van der Waals surface area contributed by atoms with Crippen molar-refractivity contribution in [2.45, 2.75) is 19.8 Å². The zero-order valence-electron chi connectivity index (χ0n) is 9.25. The van der Waals surface area contributed by atoms with Gasteiger partial charge in [0.15, 0.2) is 0 Å². The van der Waals surface area contributed by atoms with Gasteiger partial charge in [0.1, 0.15) is 0 Å². The van der Waals surface area contributed by atoms with Crippen molar-refractivity contribution in [1.82, 2.24) is 9.97 Å². The van der Waals surface area contributed by atoms with Gasteiger partial charge in [-0.2, -0.15) is 5.26 Å². The van der Waals surface area contributed by atoms with Gasteiger partial charge in [-0.1, -0.05) is 13.3 Å². The lowest BCUT2D eigenvalue weighted by Crippen LogP contribution is -2.01. The molecule has 0 fully saturated rings. The van der Waals surface area contributed by atoms with Gasteiger partial charge in [-0.15, -0.1) is 0 Å². The molecular formula is C12H14N4. The molecule has 0 saturated heterocycles. The smallest absolute Gasteiger partial charge is 0.201 e. The van der Waals surface area contributed by atoms with Crippen LogP contribution in [0, 0.1) is 11.3 Å². The highest BCUT2D eigenvalue weighted by Crippen LogP contribution is 2.15. The second-order valence-electron chi connectivity index (χ2n) is 3.71. The highest BCUT2D eigenvalue weighted by Gasteiger charge is 2.02.